The number of rotatable bonds is 6. The first-order valence-corrected chi connectivity index (χ1v) is 10.6. The Morgan fingerprint density at radius 1 is 1.07 bits per heavy atom. The number of hydrogen-bond acceptors (Lipinski definition) is 4. The molecular weight excluding hydrogens is 355 g/mol. The van der Waals surface area contributed by atoms with Crippen molar-refractivity contribution in [3.63, 3.8) is 0 Å². The van der Waals surface area contributed by atoms with E-state index in [4.69, 9.17) is 0 Å². The van der Waals surface area contributed by atoms with E-state index in [1.165, 1.54) is 0 Å². The summed E-state index contributed by atoms with van der Waals surface area (Å²) >= 11 is 0. The first kappa shape index (κ1) is 21.2. The molecule has 1 heterocycles. The first-order chi connectivity index (χ1) is 14.0. The number of carbonyl (C=O) groups is 3. The molecule has 1 aromatic carbocycles. The number of nitrogens with zero attached hydrogens (tertiary/aromatic N) is 2. The second-order valence-corrected chi connectivity index (χ2v) is 7.74. The SMILES string of the molecule is CCCC/C(=C\C1=C(C)C(=O)c2ccccc2C1=O)C(=O)N1CCN(C[3CH3])CC1. The predicted molar refractivity (Wildman–Crippen MR) is 114 cm³/mol. The maximum absolute atomic E-state index is 13.2. The number of ketones is 2. The summed E-state index contributed by atoms with van der Waals surface area (Å²) in [5.41, 5.74) is 2.29. The lowest BCUT2D eigenvalue weighted by Crippen LogP contribution is -2.48. The zero-order valence-corrected chi connectivity index (χ0v) is 17.7. The smallest absolute Gasteiger partial charge is 0.249 e. The fourth-order valence-corrected chi connectivity index (χ4v) is 3.95. The third kappa shape index (κ3) is 4.40. The molecule has 0 spiro atoms. The van der Waals surface area contributed by atoms with Crippen LogP contribution in [0.3, 0.4) is 0 Å². The molecule has 0 N–H and O–H groups in total. The molecule has 0 aromatic heterocycles. The van der Waals surface area contributed by atoms with Crippen LogP contribution in [0.4, 0.5) is 0 Å². The van der Waals surface area contributed by atoms with Crippen molar-refractivity contribution in [2.75, 3.05) is 32.7 Å². The van der Waals surface area contributed by atoms with Crippen LogP contribution in [0.5, 0.6) is 0 Å². The average Bonchev–Trinajstić information content (AvgIpc) is 2.76. The normalized spacial score (nSPS) is 18.3. The molecule has 5 nitrogen and oxygen atoms in total. The number of unbranched alkanes of at least 4 members (excludes halogenated alkanes) is 1. The summed E-state index contributed by atoms with van der Waals surface area (Å²) in [7, 11) is 0. The van der Waals surface area contributed by atoms with E-state index in [2.05, 4.69) is 18.7 Å². The van der Waals surface area contributed by atoms with Gasteiger partial charge in [0.05, 0.1) is 0 Å². The van der Waals surface area contributed by atoms with Crippen LogP contribution in [0.2, 0.25) is 0 Å². The second-order valence-electron chi connectivity index (χ2n) is 7.74. The fourth-order valence-electron chi connectivity index (χ4n) is 3.95. The van der Waals surface area contributed by atoms with Crippen molar-refractivity contribution < 1.29 is 14.4 Å². The van der Waals surface area contributed by atoms with Crippen molar-refractivity contribution in [1.29, 1.82) is 0 Å². The van der Waals surface area contributed by atoms with E-state index in [-0.39, 0.29) is 17.5 Å². The molecule has 0 unspecified atom stereocenters. The van der Waals surface area contributed by atoms with Crippen LogP contribution in [-0.4, -0.2) is 60.0 Å². The molecule has 2 aliphatic rings. The Kier molecular flexibility index (Phi) is 6.80. The topological polar surface area (TPSA) is 57.7 Å². The van der Waals surface area contributed by atoms with Gasteiger partial charge in [0.1, 0.15) is 0 Å². The van der Waals surface area contributed by atoms with Crippen molar-refractivity contribution in [3.05, 3.63) is 58.2 Å². The van der Waals surface area contributed by atoms with Crippen LogP contribution in [0.25, 0.3) is 0 Å². The Hall–Kier alpha value is -2.53. The highest BCUT2D eigenvalue weighted by atomic mass is 16.2. The van der Waals surface area contributed by atoms with E-state index in [0.29, 0.717) is 47.4 Å². The van der Waals surface area contributed by atoms with Gasteiger partial charge in [0.25, 0.3) is 0 Å². The van der Waals surface area contributed by atoms with Gasteiger partial charge in [-0.3, -0.25) is 14.4 Å². The van der Waals surface area contributed by atoms with Gasteiger partial charge in [0.2, 0.25) is 5.91 Å². The van der Waals surface area contributed by atoms with Gasteiger partial charge in [0.15, 0.2) is 11.6 Å². The summed E-state index contributed by atoms with van der Waals surface area (Å²) in [6.45, 7) is 10.0. The van der Waals surface area contributed by atoms with Gasteiger partial charge >= 0.3 is 0 Å². The van der Waals surface area contributed by atoms with Gasteiger partial charge in [-0.15, -0.1) is 0 Å². The molecule has 1 fully saturated rings. The van der Waals surface area contributed by atoms with Crippen LogP contribution in [0.15, 0.2) is 47.1 Å². The number of carbonyl (C=O) groups excluding carboxylic acids is 3. The average molecular weight is 386 g/mol. The Morgan fingerprint density at radius 2 is 1.69 bits per heavy atom. The van der Waals surface area contributed by atoms with Crippen molar-refractivity contribution in [2.24, 2.45) is 0 Å². The minimum absolute atomic E-state index is 0.00592. The Labute approximate surface area is 173 Å². The van der Waals surface area contributed by atoms with Gasteiger partial charge in [-0.1, -0.05) is 44.5 Å². The molecule has 29 heavy (non-hydrogen) atoms. The number of allylic oxidation sites excluding steroid dienone is 3. The summed E-state index contributed by atoms with van der Waals surface area (Å²) in [6, 6.07) is 6.91. The monoisotopic (exact) mass is 385 g/mol. The fraction of sp³-hybridized carbons (Fsp3) is 0.458. The maximum atomic E-state index is 13.2. The van der Waals surface area contributed by atoms with Crippen molar-refractivity contribution in [3.8, 4) is 0 Å². The minimum atomic E-state index is -0.171. The van der Waals surface area contributed by atoms with E-state index in [1.807, 2.05) is 4.90 Å². The number of likely N-dealkylation sites (N-methyl/N-ethyl adjacent to an activating group) is 1. The molecule has 1 aliphatic carbocycles. The molecule has 0 bridgehead atoms. The number of amides is 1. The number of hydrogen-bond donors (Lipinski definition) is 0. The predicted octanol–water partition coefficient (Wildman–Crippen LogP) is 3.66. The molecule has 154 valence electrons. The van der Waals surface area contributed by atoms with Crippen molar-refractivity contribution in [2.45, 2.75) is 40.0 Å². The highest BCUT2D eigenvalue weighted by molar-refractivity contribution is 6.28. The lowest BCUT2D eigenvalue weighted by atomic mass is 2.89. The maximum Gasteiger partial charge on any atom is 0.249 e. The van der Waals surface area contributed by atoms with Crippen molar-refractivity contribution in [1.82, 2.24) is 9.80 Å². The standard InChI is InChI=1S/C24H30N2O3/c1-4-6-9-18(24(29)26-14-12-25(5-2)13-15-26)16-21-17(3)22(27)19-10-7-8-11-20(19)23(21)28/h7-8,10-11,16H,4-6,9,12-15H2,1-3H3/b18-16+/i2-9. The van der Waals surface area contributed by atoms with Crippen LogP contribution in [0, 0.1) is 0 Å². The summed E-state index contributed by atoms with van der Waals surface area (Å²) in [5, 5.41) is 0. The molecule has 0 saturated carbocycles. The van der Waals surface area contributed by atoms with Gasteiger partial charge in [-0.05, 0) is 32.4 Å². The van der Waals surface area contributed by atoms with Crippen molar-refractivity contribution >= 4 is 17.5 Å². The summed E-state index contributed by atoms with van der Waals surface area (Å²) in [6.07, 6.45) is 4.14. The lowest BCUT2D eigenvalue weighted by molar-refractivity contribution is -0.129. The molecule has 1 amide bonds. The van der Waals surface area contributed by atoms with E-state index >= 15 is 0 Å². The molecule has 3 rings (SSSR count). The second kappa shape index (κ2) is 9.31. The van der Waals surface area contributed by atoms with E-state index in [1.54, 1.807) is 37.3 Å². The van der Waals surface area contributed by atoms with Gasteiger partial charge in [-0.25, -0.2) is 0 Å². The zero-order chi connectivity index (χ0) is 21.0. The van der Waals surface area contributed by atoms with E-state index in [0.717, 1.165) is 32.5 Å². The highest BCUT2D eigenvalue weighted by Gasteiger charge is 2.30. The minimum Gasteiger partial charge on any atom is -0.336 e. The molecular formula is C24H30N2O3. The van der Waals surface area contributed by atoms with E-state index < -0.39 is 0 Å². The molecule has 1 saturated heterocycles. The van der Waals surface area contributed by atoms with Gasteiger partial charge in [0, 0.05) is 54.0 Å². The molecule has 5 heteroatoms. The van der Waals surface area contributed by atoms with Crippen LogP contribution >= 0.6 is 0 Å². The highest BCUT2D eigenvalue weighted by Crippen LogP contribution is 2.28. The quantitative estimate of drug-likeness (QED) is 0.701. The summed E-state index contributed by atoms with van der Waals surface area (Å²) < 4.78 is 0. The Balaban J connectivity index is 1.92. The van der Waals surface area contributed by atoms with E-state index in [9.17, 15) is 14.4 Å². The number of benzene rings is 1. The van der Waals surface area contributed by atoms with Gasteiger partial charge in [-0.2, -0.15) is 0 Å². The lowest BCUT2D eigenvalue weighted by Gasteiger charge is -2.34. The summed E-state index contributed by atoms with van der Waals surface area (Å²) in [4.78, 5) is 43.3. The number of piperazine rings is 1. The largest absolute Gasteiger partial charge is 0.336 e. The third-order valence-electron chi connectivity index (χ3n) is 5.91. The zero-order valence-electron chi connectivity index (χ0n) is 17.7. The third-order valence-corrected chi connectivity index (χ3v) is 5.91. The Bertz CT molecular complexity index is 874. The molecule has 0 radical (unpaired) electrons. The number of fused-ring (bicyclic) bond motifs is 1. The molecule has 0 atom stereocenters. The molecule has 1 aromatic rings. The first-order valence-electron chi connectivity index (χ1n) is 10.6. The number of Topliss-reactive ketones (excluding diaryl/α,β-unsaturated/α-hetero) is 2. The molecule has 1 aliphatic heterocycles. The summed E-state index contributed by atoms with van der Waals surface area (Å²) in [5.74, 6) is -0.311. The van der Waals surface area contributed by atoms with Crippen LogP contribution in [0.1, 0.15) is 60.7 Å². The van der Waals surface area contributed by atoms with Gasteiger partial charge < -0.3 is 9.80 Å². The Morgan fingerprint density at radius 3 is 2.28 bits per heavy atom. The van der Waals surface area contributed by atoms with Crippen LogP contribution in [-0.2, 0) is 4.79 Å². The van der Waals surface area contributed by atoms with Crippen LogP contribution < -0.4 is 0 Å².